The van der Waals surface area contributed by atoms with E-state index in [9.17, 15) is 5.11 Å². The predicted octanol–water partition coefficient (Wildman–Crippen LogP) is 2.86. The van der Waals surface area contributed by atoms with Gasteiger partial charge in [-0.3, -0.25) is 0 Å². The summed E-state index contributed by atoms with van der Waals surface area (Å²) in [6, 6.07) is 7.83. The van der Waals surface area contributed by atoms with Gasteiger partial charge in [0.15, 0.2) is 11.0 Å². The number of benzene rings is 1. The molecular weight excluding hydrogens is 262 g/mol. The highest BCUT2D eigenvalue weighted by atomic mass is 35.5. The topological polar surface area (TPSA) is 58.0 Å². The normalized spacial score (nSPS) is 22.8. The maximum Gasteiger partial charge on any atom is 0.159 e. The van der Waals surface area contributed by atoms with Crippen LogP contribution in [0.15, 0.2) is 24.3 Å². The highest BCUT2D eigenvalue weighted by molar-refractivity contribution is 6.34. The molecule has 3 rings (SSSR count). The maximum absolute atomic E-state index is 9.53. The standard InChI is InChI=1S/C14H16ClN3O/c15-13-11-3-1-2-4-12(11)14(18-17-13)16-8-9-5-6-10(19)7-9/h1-4,9-10,19H,5-8H2,(H,16,18). The van der Waals surface area contributed by atoms with Crippen LogP contribution in [-0.2, 0) is 0 Å². The summed E-state index contributed by atoms with van der Waals surface area (Å²) in [5.41, 5.74) is 0. The molecule has 1 fully saturated rings. The minimum Gasteiger partial charge on any atom is -0.393 e. The third kappa shape index (κ3) is 2.65. The Morgan fingerprint density at radius 1 is 1.21 bits per heavy atom. The van der Waals surface area contributed by atoms with Crippen molar-refractivity contribution in [1.82, 2.24) is 10.2 Å². The zero-order valence-corrected chi connectivity index (χ0v) is 11.3. The van der Waals surface area contributed by atoms with Crippen LogP contribution in [0.1, 0.15) is 19.3 Å². The van der Waals surface area contributed by atoms with Gasteiger partial charge in [-0.15, -0.1) is 10.2 Å². The number of anilines is 1. The van der Waals surface area contributed by atoms with Crippen molar-refractivity contribution >= 4 is 28.2 Å². The molecule has 19 heavy (non-hydrogen) atoms. The van der Waals surface area contributed by atoms with E-state index in [2.05, 4.69) is 15.5 Å². The largest absolute Gasteiger partial charge is 0.393 e. The number of fused-ring (bicyclic) bond motifs is 1. The van der Waals surface area contributed by atoms with Crippen LogP contribution in [0.2, 0.25) is 5.15 Å². The van der Waals surface area contributed by atoms with Crippen LogP contribution in [0.4, 0.5) is 5.82 Å². The Labute approximate surface area is 116 Å². The lowest BCUT2D eigenvalue weighted by Crippen LogP contribution is -2.14. The number of halogens is 1. The smallest absolute Gasteiger partial charge is 0.159 e. The first-order valence-electron chi connectivity index (χ1n) is 6.57. The Morgan fingerprint density at radius 2 is 2.00 bits per heavy atom. The fourth-order valence-corrected chi connectivity index (χ4v) is 2.88. The Morgan fingerprint density at radius 3 is 2.74 bits per heavy atom. The molecule has 100 valence electrons. The fraction of sp³-hybridized carbons (Fsp3) is 0.429. The lowest BCUT2D eigenvalue weighted by Gasteiger charge is -2.12. The van der Waals surface area contributed by atoms with Crippen LogP contribution < -0.4 is 5.32 Å². The molecule has 0 radical (unpaired) electrons. The van der Waals surface area contributed by atoms with Crippen LogP contribution in [0.5, 0.6) is 0 Å². The summed E-state index contributed by atoms with van der Waals surface area (Å²) in [7, 11) is 0. The average molecular weight is 278 g/mol. The summed E-state index contributed by atoms with van der Waals surface area (Å²) in [5.74, 6) is 1.27. The second-order valence-electron chi connectivity index (χ2n) is 5.10. The Hall–Kier alpha value is -1.39. The summed E-state index contributed by atoms with van der Waals surface area (Å²) < 4.78 is 0. The number of hydrogen-bond acceptors (Lipinski definition) is 4. The second kappa shape index (κ2) is 5.31. The first-order chi connectivity index (χ1) is 9.24. The summed E-state index contributed by atoms with van der Waals surface area (Å²) in [6.07, 6.45) is 2.69. The molecule has 0 spiro atoms. The molecule has 2 N–H and O–H groups in total. The van der Waals surface area contributed by atoms with Crippen LogP contribution in [-0.4, -0.2) is 28.0 Å². The van der Waals surface area contributed by atoms with E-state index < -0.39 is 0 Å². The van der Waals surface area contributed by atoms with Gasteiger partial charge in [-0.25, -0.2) is 0 Å². The molecule has 5 heteroatoms. The number of nitrogens with one attached hydrogen (secondary N) is 1. The number of aliphatic hydroxyl groups excluding tert-OH is 1. The van der Waals surface area contributed by atoms with Crippen molar-refractivity contribution in [2.24, 2.45) is 5.92 Å². The minimum absolute atomic E-state index is 0.139. The summed E-state index contributed by atoms with van der Waals surface area (Å²) in [6.45, 7) is 0.817. The molecule has 1 aromatic heterocycles. The molecule has 0 saturated heterocycles. The first-order valence-corrected chi connectivity index (χ1v) is 6.94. The van der Waals surface area contributed by atoms with E-state index in [4.69, 9.17) is 11.6 Å². The van der Waals surface area contributed by atoms with Crippen LogP contribution in [0.3, 0.4) is 0 Å². The predicted molar refractivity (Wildman–Crippen MR) is 76.4 cm³/mol. The van der Waals surface area contributed by atoms with Crippen molar-refractivity contribution in [2.45, 2.75) is 25.4 Å². The van der Waals surface area contributed by atoms with E-state index in [1.54, 1.807) is 0 Å². The van der Waals surface area contributed by atoms with Crippen LogP contribution in [0.25, 0.3) is 10.8 Å². The van der Waals surface area contributed by atoms with E-state index >= 15 is 0 Å². The molecule has 1 heterocycles. The monoisotopic (exact) mass is 277 g/mol. The molecule has 0 amide bonds. The van der Waals surface area contributed by atoms with Crippen LogP contribution in [0, 0.1) is 5.92 Å². The van der Waals surface area contributed by atoms with Gasteiger partial charge in [-0.05, 0) is 25.2 Å². The highest BCUT2D eigenvalue weighted by Gasteiger charge is 2.22. The van der Waals surface area contributed by atoms with E-state index in [-0.39, 0.29) is 6.10 Å². The number of rotatable bonds is 3. The zero-order valence-electron chi connectivity index (χ0n) is 10.5. The lowest BCUT2D eigenvalue weighted by molar-refractivity contribution is 0.178. The van der Waals surface area contributed by atoms with E-state index in [1.807, 2.05) is 24.3 Å². The zero-order chi connectivity index (χ0) is 13.2. The van der Waals surface area contributed by atoms with Crippen molar-refractivity contribution < 1.29 is 5.11 Å². The van der Waals surface area contributed by atoms with Gasteiger partial charge in [0, 0.05) is 17.3 Å². The number of nitrogens with zero attached hydrogens (tertiary/aromatic N) is 2. The maximum atomic E-state index is 9.53. The van der Waals surface area contributed by atoms with Gasteiger partial charge in [0.2, 0.25) is 0 Å². The third-order valence-corrected chi connectivity index (χ3v) is 3.99. The van der Waals surface area contributed by atoms with Gasteiger partial charge >= 0.3 is 0 Å². The van der Waals surface area contributed by atoms with E-state index in [0.717, 1.165) is 42.4 Å². The molecule has 2 unspecified atom stereocenters. The van der Waals surface area contributed by atoms with Gasteiger partial charge in [-0.1, -0.05) is 35.9 Å². The molecule has 1 saturated carbocycles. The third-order valence-electron chi connectivity index (χ3n) is 3.71. The molecule has 0 aliphatic heterocycles. The number of aliphatic hydroxyl groups is 1. The molecule has 4 nitrogen and oxygen atoms in total. The second-order valence-corrected chi connectivity index (χ2v) is 5.46. The Kier molecular flexibility index (Phi) is 3.53. The fourth-order valence-electron chi connectivity index (χ4n) is 2.68. The van der Waals surface area contributed by atoms with Gasteiger partial charge < -0.3 is 10.4 Å². The number of hydrogen-bond donors (Lipinski definition) is 2. The van der Waals surface area contributed by atoms with Crippen LogP contribution >= 0.6 is 11.6 Å². The molecule has 1 aliphatic rings. The Bertz CT molecular complexity index is 590. The quantitative estimate of drug-likeness (QED) is 0.906. The molecule has 2 aromatic rings. The molecule has 1 aliphatic carbocycles. The average Bonchev–Trinajstić information content (AvgIpc) is 2.84. The van der Waals surface area contributed by atoms with Crippen molar-refractivity contribution in [2.75, 3.05) is 11.9 Å². The summed E-state index contributed by atoms with van der Waals surface area (Å²) in [4.78, 5) is 0. The summed E-state index contributed by atoms with van der Waals surface area (Å²) >= 11 is 6.04. The number of aromatic nitrogens is 2. The summed E-state index contributed by atoms with van der Waals surface area (Å²) in [5, 5.41) is 23.3. The molecule has 2 atom stereocenters. The Balaban J connectivity index is 1.79. The minimum atomic E-state index is -0.139. The van der Waals surface area contributed by atoms with Gasteiger partial charge in [0.05, 0.1) is 6.10 Å². The molecule has 0 bridgehead atoms. The van der Waals surface area contributed by atoms with E-state index in [1.165, 1.54) is 0 Å². The van der Waals surface area contributed by atoms with Gasteiger partial charge in [0.25, 0.3) is 0 Å². The first kappa shape index (κ1) is 12.6. The lowest BCUT2D eigenvalue weighted by atomic mass is 10.1. The molecular formula is C14H16ClN3O. The van der Waals surface area contributed by atoms with E-state index in [0.29, 0.717) is 11.1 Å². The van der Waals surface area contributed by atoms with Crippen molar-refractivity contribution in [3.05, 3.63) is 29.4 Å². The molecule has 1 aromatic carbocycles. The SMILES string of the molecule is OC1CCC(CNc2nnc(Cl)c3ccccc23)C1. The van der Waals surface area contributed by atoms with Gasteiger partial charge in [0.1, 0.15) is 0 Å². The highest BCUT2D eigenvalue weighted by Crippen LogP contribution is 2.28. The van der Waals surface area contributed by atoms with Crippen molar-refractivity contribution in [3.63, 3.8) is 0 Å². The van der Waals surface area contributed by atoms with Crippen molar-refractivity contribution in [1.29, 1.82) is 0 Å². The van der Waals surface area contributed by atoms with Crippen molar-refractivity contribution in [3.8, 4) is 0 Å². The van der Waals surface area contributed by atoms with Gasteiger partial charge in [-0.2, -0.15) is 0 Å².